The van der Waals surface area contributed by atoms with E-state index in [9.17, 15) is 9.59 Å². The number of rotatable bonds is 6. The summed E-state index contributed by atoms with van der Waals surface area (Å²) in [4.78, 5) is 26.7. The minimum absolute atomic E-state index is 0.00358. The van der Waals surface area contributed by atoms with Gasteiger partial charge < -0.3 is 18.3 Å². The molecule has 0 spiro atoms. The number of hydrogen-bond donors (Lipinski definition) is 1. The Labute approximate surface area is 192 Å². The van der Waals surface area contributed by atoms with E-state index in [-0.39, 0.29) is 28.4 Å². The minimum Gasteiger partial charge on any atom is -0.408 e. The highest BCUT2D eigenvalue weighted by molar-refractivity contribution is 6.74. The van der Waals surface area contributed by atoms with E-state index in [1.165, 1.54) is 16.8 Å². The molecule has 0 saturated carbocycles. The van der Waals surface area contributed by atoms with Crippen molar-refractivity contribution < 1.29 is 18.3 Å². The van der Waals surface area contributed by atoms with Crippen LogP contribution in [0.5, 0.6) is 0 Å². The Morgan fingerprint density at radius 2 is 1.47 bits per heavy atom. The second kappa shape index (κ2) is 8.32. The van der Waals surface area contributed by atoms with Crippen molar-refractivity contribution in [1.29, 1.82) is 0 Å². The van der Waals surface area contributed by atoms with Crippen molar-refractivity contribution in [2.75, 3.05) is 6.61 Å². The summed E-state index contributed by atoms with van der Waals surface area (Å²) >= 11 is 0. The fraction of sp³-hybridized carbons (Fsp3) is 0.818. The van der Waals surface area contributed by atoms with E-state index in [0.29, 0.717) is 6.61 Å². The fourth-order valence-electron chi connectivity index (χ4n) is 3.35. The molecule has 8 nitrogen and oxygen atoms in total. The Balaban J connectivity index is 2.08. The largest absolute Gasteiger partial charge is 0.408 e. The van der Waals surface area contributed by atoms with Crippen LogP contribution in [-0.2, 0) is 18.3 Å². The zero-order valence-corrected chi connectivity index (χ0v) is 23.1. The maximum atomic E-state index is 12.7. The highest BCUT2D eigenvalue weighted by atomic mass is 28.4. The van der Waals surface area contributed by atoms with Crippen molar-refractivity contribution in [1.82, 2.24) is 9.55 Å². The Kier molecular flexibility index (Phi) is 6.65. The first kappa shape index (κ1) is 25.6. The quantitative estimate of drug-likeness (QED) is 0.489. The Bertz CT molecular complexity index is 939. The molecule has 0 radical (unpaired) electrons. The molecule has 2 saturated heterocycles. The molecular weight excluding hydrogens is 444 g/mol. The van der Waals surface area contributed by atoms with Gasteiger partial charge in [0.2, 0.25) is 0 Å². The SMILES string of the molecule is CC(C)(C)[Si](C)(C)O[C@H]1[C@H]([C@H]2CO2)O[C@H](n2ccc(=O)[nH]c2=O)[C@H]1O[Si](C)(C)C(C)(C)C. The van der Waals surface area contributed by atoms with Gasteiger partial charge in [0.25, 0.3) is 5.56 Å². The molecule has 0 unspecified atom stereocenters. The molecule has 2 aliphatic heterocycles. The maximum Gasteiger partial charge on any atom is 0.330 e. The lowest BCUT2D eigenvalue weighted by Crippen LogP contribution is -2.54. The third-order valence-corrected chi connectivity index (χ3v) is 16.5. The molecule has 0 aromatic carbocycles. The second-order valence-corrected chi connectivity index (χ2v) is 21.6. The number of nitrogens with one attached hydrogen (secondary N) is 1. The molecule has 1 aromatic heterocycles. The van der Waals surface area contributed by atoms with Crippen LogP contribution in [0.1, 0.15) is 47.8 Å². The third-order valence-electron chi connectivity index (χ3n) is 7.55. The molecule has 3 rings (SSSR count). The summed E-state index contributed by atoms with van der Waals surface area (Å²) in [6.45, 7) is 22.5. The van der Waals surface area contributed by atoms with Crippen LogP contribution < -0.4 is 11.2 Å². The van der Waals surface area contributed by atoms with Gasteiger partial charge in [-0.1, -0.05) is 41.5 Å². The normalized spacial score (nSPS) is 29.4. The van der Waals surface area contributed by atoms with Gasteiger partial charge in [0.1, 0.15) is 24.4 Å². The zero-order chi connectivity index (χ0) is 24.3. The topological polar surface area (TPSA) is 95.1 Å². The van der Waals surface area contributed by atoms with Gasteiger partial charge in [0.15, 0.2) is 22.9 Å². The van der Waals surface area contributed by atoms with Gasteiger partial charge in [0, 0.05) is 12.3 Å². The van der Waals surface area contributed by atoms with E-state index in [1.54, 1.807) is 0 Å². The van der Waals surface area contributed by atoms with Crippen LogP contribution in [0.3, 0.4) is 0 Å². The minimum atomic E-state index is -2.25. The standard InChI is InChI=1S/C22H40N2O6Si2/c1-21(2,3)31(7,8)29-17-16(14-13-27-14)28-19(24-12-11-15(25)23-20(24)26)18(17)30-32(9,10)22(4,5)6/h11-12,14,16-19H,13H2,1-10H3,(H,23,25,26)/t14-,16+,17+,18+,19+/m1/s1. The van der Waals surface area contributed by atoms with Crippen LogP contribution in [0.25, 0.3) is 0 Å². The van der Waals surface area contributed by atoms with Crippen molar-refractivity contribution in [3.63, 3.8) is 0 Å². The van der Waals surface area contributed by atoms with Gasteiger partial charge >= 0.3 is 5.69 Å². The van der Waals surface area contributed by atoms with E-state index in [4.69, 9.17) is 18.3 Å². The molecule has 0 amide bonds. The molecule has 5 atom stereocenters. The second-order valence-electron chi connectivity index (χ2n) is 12.1. The Hall–Kier alpha value is -1.05. The molecule has 10 heteroatoms. The average Bonchev–Trinajstić information content (AvgIpc) is 3.39. The van der Waals surface area contributed by atoms with Crippen LogP contribution in [0.15, 0.2) is 21.9 Å². The molecule has 3 heterocycles. The molecule has 0 bridgehead atoms. The maximum absolute atomic E-state index is 12.7. The number of ether oxygens (including phenoxy) is 2. The van der Waals surface area contributed by atoms with Crippen molar-refractivity contribution in [2.45, 2.75) is 108 Å². The number of hydrogen-bond acceptors (Lipinski definition) is 6. The van der Waals surface area contributed by atoms with Crippen molar-refractivity contribution >= 4 is 16.6 Å². The summed E-state index contributed by atoms with van der Waals surface area (Å²) in [5, 5.41) is -0.0421. The number of aromatic amines is 1. The van der Waals surface area contributed by atoms with Gasteiger partial charge in [-0.05, 0) is 36.3 Å². The summed E-state index contributed by atoms with van der Waals surface area (Å²) in [5.41, 5.74) is -0.961. The molecule has 182 valence electrons. The number of H-pyrrole nitrogens is 1. The van der Waals surface area contributed by atoms with E-state index < -0.39 is 40.2 Å². The Morgan fingerprint density at radius 3 is 1.91 bits per heavy atom. The van der Waals surface area contributed by atoms with Crippen molar-refractivity contribution in [3.05, 3.63) is 33.1 Å². The van der Waals surface area contributed by atoms with Crippen LogP contribution in [0.4, 0.5) is 0 Å². The molecule has 32 heavy (non-hydrogen) atoms. The van der Waals surface area contributed by atoms with Gasteiger partial charge in [0.05, 0.1) is 6.61 Å². The van der Waals surface area contributed by atoms with Gasteiger partial charge in [-0.2, -0.15) is 0 Å². The van der Waals surface area contributed by atoms with Gasteiger partial charge in [-0.3, -0.25) is 14.3 Å². The summed E-state index contributed by atoms with van der Waals surface area (Å²) in [6, 6.07) is 1.33. The lowest BCUT2D eigenvalue weighted by molar-refractivity contribution is -0.0442. The third kappa shape index (κ3) is 5.05. The zero-order valence-electron chi connectivity index (χ0n) is 21.1. The fourth-order valence-corrected chi connectivity index (χ4v) is 5.94. The lowest BCUT2D eigenvalue weighted by Gasteiger charge is -2.44. The highest BCUT2D eigenvalue weighted by Gasteiger charge is 2.58. The summed E-state index contributed by atoms with van der Waals surface area (Å²) < 4.78 is 27.3. The van der Waals surface area contributed by atoms with Gasteiger partial charge in [-0.15, -0.1) is 0 Å². The van der Waals surface area contributed by atoms with Crippen molar-refractivity contribution in [2.24, 2.45) is 0 Å². The molecule has 0 aliphatic carbocycles. The lowest BCUT2D eigenvalue weighted by atomic mass is 10.1. The predicted octanol–water partition coefficient (Wildman–Crippen LogP) is 3.61. The van der Waals surface area contributed by atoms with Gasteiger partial charge in [-0.25, -0.2) is 4.79 Å². The first-order valence-electron chi connectivity index (χ1n) is 11.4. The smallest absolute Gasteiger partial charge is 0.330 e. The predicted molar refractivity (Wildman–Crippen MR) is 129 cm³/mol. The number of epoxide rings is 1. The van der Waals surface area contributed by atoms with E-state index in [1.807, 2.05) is 0 Å². The first-order valence-corrected chi connectivity index (χ1v) is 17.2. The summed E-state index contributed by atoms with van der Waals surface area (Å²) in [5.74, 6) is 0. The van der Waals surface area contributed by atoms with Crippen molar-refractivity contribution in [3.8, 4) is 0 Å². The monoisotopic (exact) mass is 484 g/mol. The van der Waals surface area contributed by atoms with E-state index in [0.717, 1.165) is 0 Å². The van der Waals surface area contributed by atoms with Crippen LogP contribution >= 0.6 is 0 Å². The first-order chi connectivity index (χ1) is 14.4. The number of aromatic nitrogens is 2. The number of nitrogens with zero attached hydrogens (tertiary/aromatic N) is 1. The molecule has 1 N–H and O–H groups in total. The van der Waals surface area contributed by atoms with E-state index >= 15 is 0 Å². The average molecular weight is 485 g/mol. The molecule has 2 aliphatic rings. The summed E-state index contributed by atoms with van der Waals surface area (Å²) in [6.07, 6.45) is -0.532. The van der Waals surface area contributed by atoms with Crippen LogP contribution in [-0.4, -0.2) is 57.2 Å². The molecule has 1 aromatic rings. The van der Waals surface area contributed by atoms with Crippen LogP contribution in [0, 0.1) is 0 Å². The highest BCUT2D eigenvalue weighted by Crippen LogP contribution is 2.47. The molecule has 2 fully saturated rings. The van der Waals surface area contributed by atoms with E-state index in [2.05, 4.69) is 72.7 Å². The Morgan fingerprint density at radius 1 is 0.969 bits per heavy atom. The van der Waals surface area contributed by atoms with Crippen LogP contribution in [0.2, 0.25) is 36.3 Å². The summed E-state index contributed by atoms with van der Waals surface area (Å²) in [7, 11) is -4.44. The molecular formula is C22H40N2O6Si2.